The normalized spacial score (nSPS) is 42.0. The lowest BCUT2D eigenvalue weighted by molar-refractivity contribution is -0.248. The maximum atomic E-state index is 14.4. The summed E-state index contributed by atoms with van der Waals surface area (Å²) in [7, 11) is 1.65. The van der Waals surface area contributed by atoms with Gasteiger partial charge in [-0.2, -0.15) is 0 Å². The third kappa shape index (κ3) is 4.64. The van der Waals surface area contributed by atoms with Crippen molar-refractivity contribution in [3.63, 3.8) is 0 Å². The molecule has 0 radical (unpaired) electrons. The number of allylic oxidation sites excluding steroid dienone is 1. The highest BCUT2D eigenvalue weighted by Gasteiger charge is 2.72. The monoisotopic (exact) mass is 643 g/mol. The lowest BCUT2D eigenvalue weighted by atomic mass is 9.32. The van der Waals surface area contributed by atoms with E-state index in [2.05, 4.69) is 58.4 Å². The molecule has 0 aliphatic heterocycles. The van der Waals surface area contributed by atoms with E-state index >= 15 is 0 Å². The summed E-state index contributed by atoms with van der Waals surface area (Å²) < 4.78 is 13.2. The van der Waals surface area contributed by atoms with E-state index in [1.807, 2.05) is 30.5 Å². The number of aliphatic hydroxyl groups excluding tert-OH is 1. The molecule has 1 aromatic heterocycles. The first-order chi connectivity index (χ1) is 22.2. The first kappa shape index (κ1) is 32.9. The molecule has 2 aromatic rings. The molecule has 0 amide bonds. The van der Waals surface area contributed by atoms with Crippen LogP contribution >= 0.6 is 0 Å². The Morgan fingerprint density at radius 1 is 0.936 bits per heavy atom. The van der Waals surface area contributed by atoms with Crippen molar-refractivity contribution in [2.75, 3.05) is 7.11 Å². The minimum Gasteiger partial charge on any atom is -0.497 e. The smallest absolute Gasteiger partial charge is 0.312 e. The number of hydrogen-bond donors (Lipinski definition) is 1. The Morgan fingerprint density at radius 3 is 2.38 bits per heavy atom. The van der Waals surface area contributed by atoms with Gasteiger partial charge in [0.15, 0.2) is 0 Å². The van der Waals surface area contributed by atoms with Gasteiger partial charge in [0.25, 0.3) is 0 Å². The number of carbonyl (C=O) groups excluding carboxylic acids is 1. The molecule has 47 heavy (non-hydrogen) atoms. The van der Waals surface area contributed by atoms with Gasteiger partial charge < -0.3 is 14.6 Å². The molecule has 1 N–H and O–H groups in total. The number of ether oxygens (including phenoxy) is 2. The summed E-state index contributed by atoms with van der Waals surface area (Å²) in [5.74, 6) is 3.00. The minimum absolute atomic E-state index is 0.0433. The van der Waals surface area contributed by atoms with Gasteiger partial charge >= 0.3 is 5.97 Å². The van der Waals surface area contributed by atoms with Crippen molar-refractivity contribution in [3.8, 4) is 11.4 Å². The second-order valence-electron chi connectivity index (χ2n) is 17.6. The summed E-state index contributed by atoms with van der Waals surface area (Å²) in [5, 5.41) is 19.7. The fraction of sp³-hybridized carbons (Fsp3) is 0.725. The summed E-state index contributed by atoms with van der Waals surface area (Å²) in [6.45, 7) is 19.3. The summed E-state index contributed by atoms with van der Waals surface area (Å²) in [5.41, 5.74) is 2.83. The molecule has 5 aliphatic rings. The van der Waals surface area contributed by atoms with Gasteiger partial charge in [0.05, 0.1) is 30.5 Å². The second kappa shape index (κ2) is 11.2. The van der Waals surface area contributed by atoms with Crippen LogP contribution in [-0.4, -0.2) is 39.3 Å². The Hall–Kier alpha value is -2.67. The van der Waals surface area contributed by atoms with Crippen molar-refractivity contribution in [2.45, 2.75) is 118 Å². The predicted molar refractivity (Wildman–Crippen MR) is 183 cm³/mol. The fourth-order valence-electron chi connectivity index (χ4n) is 13.0. The van der Waals surface area contributed by atoms with Crippen LogP contribution in [0.25, 0.3) is 5.69 Å². The van der Waals surface area contributed by atoms with Gasteiger partial charge in [-0.25, -0.2) is 4.68 Å². The van der Waals surface area contributed by atoms with Crippen LogP contribution in [0.3, 0.4) is 0 Å². The zero-order chi connectivity index (χ0) is 33.6. The molecule has 7 heteroatoms. The number of aliphatic hydroxyl groups is 1. The number of aromatic nitrogens is 3. The number of methoxy groups -OCH3 is 1. The summed E-state index contributed by atoms with van der Waals surface area (Å²) in [6, 6.07) is 7.65. The van der Waals surface area contributed by atoms with Crippen molar-refractivity contribution in [1.29, 1.82) is 0 Å². The predicted octanol–water partition coefficient (Wildman–Crippen LogP) is 8.34. The number of carbonyl (C=O) groups is 1. The Bertz CT molecular complexity index is 1530. The lowest BCUT2D eigenvalue weighted by Gasteiger charge is -2.72. The molecule has 5 fully saturated rings. The molecule has 5 aliphatic carbocycles. The zero-order valence-electron chi connectivity index (χ0n) is 29.8. The molecule has 5 saturated carbocycles. The zero-order valence-corrected chi connectivity index (χ0v) is 29.8. The molecule has 0 spiro atoms. The summed E-state index contributed by atoms with van der Waals surface area (Å²) in [4.78, 5) is 14.4. The van der Waals surface area contributed by atoms with E-state index < -0.39 is 5.41 Å². The van der Waals surface area contributed by atoms with Crippen molar-refractivity contribution in [2.24, 2.45) is 56.7 Å². The second-order valence-corrected chi connectivity index (χ2v) is 17.6. The molecule has 0 saturated heterocycles. The molecule has 256 valence electrons. The molecule has 0 bridgehead atoms. The highest BCUT2D eigenvalue weighted by Crippen LogP contribution is 2.77. The van der Waals surface area contributed by atoms with Crippen molar-refractivity contribution >= 4 is 5.97 Å². The van der Waals surface area contributed by atoms with Crippen LogP contribution in [0, 0.1) is 56.7 Å². The van der Waals surface area contributed by atoms with Crippen LogP contribution < -0.4 is 4.74 Å². The largest absolute Gasteiger partial charge is 0.497 e. The molecule has 7 rings (SSSR count). The van der Waals surface area contributed by atoms with Gasteiger partial charge in [0, 0.05) is 0 Å². The number of rotatable bonds is 6. The van der Waals surface area contributed by atoms with Crippen LogP contribution in [0.1, 0.15) is 111 Å². The van der Waals surface area contributed by atoms with Gasteiger partial charge in [-0.05, 0) is 147 Å². The van der Waals surface area contributed by atoms with Crippen molar-refractivity contribution < 1.29 is 19.4 Å². The van der Waals surface area contributed by atoms with E-state index in [4.69, 9.17) is 9.47 Å². The van der Waals surface area contributed by atoms with Crippen LogP contribution in [0.5, 0.6) is 5.75 Å². The van der Waals surface area contributed by atoms with Gasteiger partial charge in [-0.1, -0.05) is 52.0 Å². The van der Waals surface area contributed by atoms with E-state index in [0.717, 1.165) is 50.0 Å². The number of nitrogens with zero attached hydrogens (tertiary/aromatic N) is 3. The molecule has 1 heterocycles. The third-order valence-corrected chi connectivity index (χ3v) is 15.7. The molecule has 7 nitrogen and oxygen atoms in total. The molecular weight excluding hydrogens is 586 g/mol. The van der Waals surface area contributed by atoms with Crippen LogP contribution in [0.4, 0.5) is 0 Å². The van der Waals surface area contributed by atoms with Crippen LogP contribution in [0.2, 0.25) is 0 Å². The van der Waals surface area contributed by atoms with E-state index in [9.17, 15) is 9.90 Å². The maximum absolute atomic E-state index is 14.4. The minimum atomic E-state index is -0.471. The number of hydrogen-bond acceptors (Lipinski definition) is 6. The molecule has 10 atom stereocenters. The average Bonchev–Trinajstić information content (AvgIpc) is 3.68. The van der Waals surface area contributed by atoms with Crippen molar-refractivity contribution in [3.05, 3.63) is 48.3 Å². The van der Waals surface area contributed by atoms with Gasteiger partial charge in [0.1, 0.15) is 18.1 Å². The van der Waals surface area contributed by atoms with Gasteiger partial charge in [-0.15, -0.1) is 5.10 Å². The van der Waals surface area contributed by atoms with Crippen molar-refractivity contribution in [1.82, 2.24) is 15.0 Å². The number of fused-ring (bicyclic) bond motifs is 7. The van der Waals surface area contributed by atoms with E-state index in [1.54, 1.807) is 11.8 Å². The number of esters is 1. The highest BCUT2D eigenvalue weighted by atomic mass is 16.5. The quantitative estimate of drug-likeness (QED) is 0.252. The van der Waals surface area contributed by atoms with Crippen LogP contribution in [-0.2, 0) is 16.1 Å². The Kier molecular flexibility index (Phi) is 7.82. The topological polar surface area (TPSA) is 86.5 Å². The average molecular weight is 644 g/mol. The molecule has 0 unspecified atom stereocenters. The summed E-state index contributed by atoms with van der Waals surface area (Å²) >= 11 is 0. The highest BCUT2D eigenvalue weighted by molar-refractivity contribution is 5.78. The van der Waals surface area contributed by atoms with Gasteiger partial charge in [0.2, 0.25) is 0 Å². The van der Waals surface area contributed by atoms with Gasteiger partial charge in [-0.3, -0.25) is 4.79 Å². The third-order valence-electron chi connectivity index (χ3n) is 15.7. The van der Waals surface area contributed by atoms with E-state index in [1.165, 1.54) is 31.3 Å². The summed E-state index contributed by atoms with van der Waals surface area (Å²) in [6.07, 6.45) is 12.3. The lowest BCUT2D eigenvalue weighted by Crippen LogP contribution is -2.67. The first-order valence-corrected chi connectivity index (χ1v) is 18.3. The standard InChI is InChI=1S/C40H57N3O4/c1-25(2)29-15-20-40(35(45)47-24-26-23-43(42-41-26)27-9-11-28(46-8)12-10-27)22-21-38(6)30(34(29)40)13-14-32-37(5)18-17-33(44)36(3,4)31(37)16-19-39(32,38)7/h9-12,23,29-34,44H,1,13-22,24H2,2-8H3/t29-,30+,31-,32+,33-,34+,37-,38+,39+,40-/m0/s1. The maximum Gasteiger partial charge on any atom is 0.312 e. The Labute approximate surface area is 281 Å². The first-order valence-electron chi connectivity index (χ1n) is 18.3. The molecule has 1 aromatic carbocycles. The fourth-order valence-corrected chi connectivity index (χ4v) is 13.0. The Balaban J connectivity index is 1.14. The molecular formula is C40H57N3O4. The van der Waals surface area contributed by atoms with E-state index in [0.29, 0.717) is 29.4 Å². The van der Waals surface area contributed by atoms with E-state index in [-0.39, 0.29) is 46.3 Å². The SMILES string of the molecule is C=C(C)[C@@H]1CC[C@]2(C(=O)OCc3cn(-c4ccc(OC)cc4)nn3)CC[C@]3(C)[C@H](CC[C@@H]4[C@@]5(C)CC[C@H](O)C(C)(C)[C@@H]5CC[C@]43C)[C@@H]12. The Morgan fingerprint density at radius 2 is 1.68 bits per heavy atom. The number of benzene rings is 1. The van der Waals surface area contributed by atoms with Crippen LogP contribution in [0.15, 0.2) is 42.6 Å².